The minimum atomic E-state index is -4.69. The van der Waals surface area contributed by atoms with Crippen molar-refractivity contribution in [3.8, 4) is 0 Å². The Balaban J connectivity index is 2.03. The minimum Gasteiger partial charge on any atom is -0.232 e. The molecule has 0 saturated carbocycles. The first-order valence-corrected chi connectivity index (χ1v) is 5.90. The van der Waals surface area contributed by atoms with Gasteiger partial charge in [0, 0.05) is 0 Å². The summed E-state index contributed by atoms with van der Waals surface area (Å²) in [4.78, 5) is 0. The maximum absolute atomic E-state index is 15.5. The lowest BCUT2D eigenvalue weighted by atomic mass is 9.64. The summed E-state index contributed by atoms with van der Waals surface area (Å²) in [5.41, 5.74) is -4.95. The average molecular weight is 264 g/mol. The molecule has 4 heteroatoms. The number of rotatable bonds is 1. The van der Waals surface area contributed by atoms with Crippen molar-refractivity contribution in [1.82, 2.24) is 0 Å². The van der Waals surface area contributed by atoms with E-state index in [2.05, 4.69) is 0 Å². The van der Waals surface area contributed by atoms with Crippen LogP contribution in [-0.2, 0) is 0 Å². The highest BCUT2D eigenvalue weighted by Gasteiger charge is 2.75. The van der Waals surface area contributed by atoms with Crippen LogP contribution < -0.4 is 0 Å². The first-order valence-electron chi connectivity index (χ1n) is 5.90. The van der Waals surface area contributed by atoms with Gasteiger partial charge in [-0.3, -0.25) is 0 Å². The zero-order valence-corrected chi connectivity index (χ0v) is 9.63. The molecule has 19 heavy (non-hydrogen) atoms. The highest BCUT2D eigenvalue weighted by Crippen LogP contribution is 2.69. The smallest absolute Gasteiger partial charge is 0.232 e. The molecule has 96 valence electrons. The van der Waals surface area contributed by atoms with Crippen molar-refractivity contribution >= 4 is 0 Å². The van der Waals surface area contributed by atoms with E-state index in [1.807, 2.05) is 0 Å². The van der Waals surface area contributed by atoms with E-state index >= 15 is 4.39 Å². The highest BCUT2D eigenvalue weighted by molar-refractivity contribution is 5.72. The molecule has 0 fully saturated rings. The van der Waals surface area contributed by atoms with Crippen LogP contribution in [0, 0.1) is 5.41 Å². The third-order valence-corrected chi connectivity index (χ3v) is 4.37. The molecule has 4 bridgehead atoms. The van der Waals surface area contributed by atoms with E-state index in [0.29, 0.717) is 0 Å². The molecule has 4 rings (SSSR count). The third-order valence-electron chi connectivity index (χ3n) is 4.37. The van der Waals surface area contributed by atoms with Crippen LogP contribution in [0.25, 0.3) is 0 Å². The van der Waals surface area contributed by atoms with E-state index in [1.165, 1.54) is 48.6 Å². The fourth-order valence-electron chi connectivity index (χ4n) is 3.59. The molecule has 0 radical (unpaired) electrons. The summed E-state index contributed by atoms with van der Waals surface area (Å²) in [6, 6.07) is 0. The van der Waals surface area contributed by atoms with Crippen LogP contribution in [0.1, 0.15) is 0 Å². The maximum atomic E-state index is 15.5. The van der Waals surface area contributed by atoms with Crippen molar-refractivity contribution in [1.29, 1.82) is 0 Å². The molecule has 0 spiro atoms. The molecule has 4 aliphatic rings. The van der Waals surface area contributed by atoms with Gasteiger partial charge in [0.25, 0.3) is 0 Å². The average Bonchev–Trinajstić information content (AvgIpc) is 3.07. The van der Waals surface area contributed by atoms with Crippen LogP contribution in [0.3, 0.4) is 0 Å². The van der Waals surface area contributed by atoms with Crippen LogP contribution in [-0.4, -0.2) is 11.8 Å². The number of alkyl halides is 4. The van der Waals surface area contributed by atoms with Crippen molar-refractivity contribution in [3.63, 3.8) is 0 Å². The van der Waals surface area contributed by atoms with Gasteiger partial charge >= 0.3 is 6.18 Å². The fraction of sp³-hybridized carbons (Fsp3) is 0.200. The Morgan fingerprint density at radius 2 is 1.05 bits per heavy atom. The molecule has 0 unspecified atom stereocenters. The zero-order chi connectivity index (χ0) is 13.5. The normalized spacial score (nSPS) is 27.6. The lowest BCUT2D eigenvalue weighted by molar-refractivity contribution is -0.218. The molecule has 0 aromatic carbocycles. The fourth-order valence-corrected chi connectivity index (χ4v) is 3.59. The summed E-state index contributed by atoms with van der Waals surface area (Å²) in [5.74, 6) is 0. The van der Waals surface area contributed by atoms with Gasteiger partial charge in [0.15, 0.2) is 11.1 Å². The molecule has 0 saturated heterocycles. The van der Waals surface area contributed by atoms with Crippen LogP contribution in [0.4, 0.5) is 17.6 Å². The Kier molecular flexibility index (Phi) is 1.65. The maximum Gasteiger partial charge on any atom is 0.406 e. The van der Waals surface area contributed by atoms with Gasteiger partial charge in [0.2, 0.25) is 0 Å². The predicted molar refractivity (Wildman–Crippen MR) is 62.9 cm³/mol. The summed E-state index contributed by atoms with van der Waals surface area (Å²) >= 11 is 0. The molecule has 0 N–H and O–H groups in total. The van der Waals surface area contributed by atoms with Gasteiger partial charge in [0.05, 0.1) is 0 Å². The summed E-state index contributed by atoms with van der Waals surface area (Å²) < 4.78 is 56.9. The molecule has 0 aromatic rings. The van der Waals surface area contributed by atoms with Crippen LogP contribution in [0.2, 0.25) is 0 Å². The largest absolute Gasteiger partial charge is 0.406 e. The molecule has 0 aliphatic heterocycles. The lowest BCUT2D eigenvalue weighted by Crippen LogP contribution is -2.54. The first-order chi connectivity index (χ1) is 8.92. The van der Waals surface area contributed by atoms with E-state index in [-0.39, 0.29) is 22.3 Å². The Labute approximate surface area is 106 Å². The van der Waals surface area contributed by atoms with E-state index in [1.54, 1.807) is 0 Å². The number of hydrogen-bond acceptors (Lipinski definition) is 0. The van der Waals surface area contributed by atoms with Crippen molar-refractivity contribution in [3.05, 3.63) is 70.9 Å². The van der Waals surface area contributed by atoms with E-state index in [9.17, 15) is 13.2 Å². The van der Waals surface area contributed by atoms with Gasteiger partial charge in [-0.1, -0.05) is 48.6 Å². The first kappa shape index (κ1) is 11.0. The second kappa shape index (κ2) is 2.84. The van der Waals surface area contributed by atoms with E-state index in [0.717, 1.165) is 0 Å². The summed E-state index contributed by atoms with van der Waals surface area (Å²) in [6.07, 6.45) is 6.50. The van der Waals surface area contributed by atoms with Gasteiger partial charge in [-0.2, -0.15) is 13.2 Å². The van der Waals surface area contributed by atoms with Crippen molar-refractivity contribution < 1.29 is 17.6 Å². The Hall–Kier alpha value is -1.84. The van der Waals surface area contributed by atoms with Crippen molar-refractivity contribution in [2.75, 3.05) is 0 Å². The molecular formula is C15H8F4. The van der Waals surface area contributed by atoms with Gasteiger partial charge in [-0.05, 0) is 22.3 Å². The quantitative estimate of drug-likeness (QED) is 0.625. The van der Waals surface area contributed by atoms with Crippen molar-refractivity contribution in [2.45, 2.75) is 11.8 Å². The zero-order valence-electron chi connectivity index (χ0n) is 9.63. The van der Waals surface area contributed by atoms with Crippen LogP contribution >= 0.6 is 0 Å². The molecular weight excluding hydrogens is 256 g/mol. The van der Waals surface area contributed by atoms with Crippen LogP contribution in [0.5, 0.6) is 0 Å². The Bertz CT molecular complexity index is 633. The molecule has 0 amide bonds. The van der Waals surface area contributed by atoms with E-state index in [4.69, 9.17) is 0 Å². The van der Waals surface area contributed by atoms with Crippen LogP contribution in [0.15, 0.2) is 70.9 Å². The molecule has 0 atom stereocenters. The number of allylic oxidation sites excluding steroid dienone is 12. The standard InChI is InChI=1S/C15H8F4/c16-14(11-5-6-12(14)8-7-11)13(15(17,18)19)9-1-2-10(13)4-3-9/h1-8H. The Morgan fingerprint density at radius 3 is 1.37 bits per heavy atom. The van der Waals surface area contributed by atoms with Gasteiger partial charge in [-0.25, -0.2) is 4.39 Å². The van der Waals surface area contributed by atoms with E-state index < -0.39 is 17.3 Å². The molecule has 0 aromatic heterocycles. The summed E-state index contributed by atoms with van der Waals surface area (Å²) in [6.45, 7) is 0. The molecule has 0 nitrogen and oxygen atoms in total. The minimum absolute atomic E-state index is 0.0140. The monoisotopic (exact) mass is 264 g/mol. The van der Waals surface area contributed by atoms with Gasteiger partial charge < -0.3 is 0 Å². The number of halogens is 4. The highest BCUT2D eigenvalue weighted by atomic mass is 19.4. The second-order valence-corrected chi connectivity index (χ2v) is 5.06. The second-order valence-electron chi connectivity index (χ2n) is 5.06. The SMILES string of the molecule is FC(F)(F)C1(C2(F)C3=CC=C2C=C3)C2=CC=C1C=C2. The van der Waals surface area contributed by atoms with Gasteiger partial charge in [-0.15, -0.1) is 0 Å². The van der Waals surface area contributed by atoms with Crippen molar-refractivity contribution in [2.24, 2.45) is 5.41 Å². The number of hydrogen-bond donors (Lipinski definition) is 0. The molecule has 4 aliphatic carbocycles. The topological polar surface area (TPSA) is 0 Å². The third kappa shape index (κ3) is 0.895. The lowest BCUT2D eigenvalue weighted by Gasteiger charge is -2.43. The Morgan fingerprint density at radius 1 is 0.684 bits per heavy atom. The summed E-state index contributed by atoms with van der Waals surface area (Å²) in [5, 5.41) is 0. The number of fused-ring (bicyclic) bond motifs is 5. The molecule has 0 heterocycles. The van der Waals surface area contributed by atoms with Gasteiger partial charge in [0.1, 0.15) is 0 Å². The predicted octanol–water partition coefficient (Wildman–Crippen LogP) is 4.12. The summed E-state index contributed by atoms with van der Waals surface area (Å²) in [7, 11) is 0.